The molecule has 1 aromatic carbocycles. The monoisotopic (exact) mass is 587 g/mol. The molecule has 0 aliphatic heterocycles. The third-order valence-corrected chi connectivity index (χ3v) is 6.15. The van der Waals surface area contributed by atoms with E-state index < -0.39 is 23.5 Å². The fourth-order valence-corrected chi connectivity index (χ4v) is 3.95. The van der Waals surface area contributed by atoms with Crippen molar-refractivity contribution < 1.29 is 32.2 Å². The van der Waals surface area contributed by atoms with Crippen molar-refractivity contribution in [3.8, 4) is 22.8 Å². The van der Waals surface area contributed by atoms with Gasteiger partial charge in [0.2, 0.25) is 11.8 Å². The fraction of sp³-hybridized carbons (Fsp3) is 0.115. The maximum atomic E-state index is 13.6. The second kappa shape index (κ2) is 10.9. The minimum absolute atomic E-state index is 0.0222. The van der Waals surface area contributed by atoms with Gasteiger partial charge in [-0.05, 0) is 30.3 Å². The zero-order chi connectivity index (χ0) is 29.3. The Bertz CT molecular complexity index is 1750. The number of carboxylic acid groups (broad SMARTS) is 1. The number of aryl methyl sites for hydroxylation is 1. The smallest absolute Gasteiger partial charge is 0.417 e. The quantitative estimate of drug-likeness (QED) is 0.216. The summed E-state index contributed by atoms with van der Waals surface area (Å²) in [4.78, 5) is 28.9. The van der Waals surface area contributed by atoms with Crippen LogP contribution in [0.1, 0.15) is 21.7 Å². The van der Waals surface area contributed by atoms with Crippen LogP contribution < -0.4 is 10.1 Å². The molecule has 0 saturated heterocycles. The first-order chi connectivity index (χ1) is 19.5. The number of alkyl halides is 3. The number of nitrogens with one attached hydrogen (secondary N) is 1. The van der Waals surface area contributed by atoms with Gasteiger partial charge in [-0.15, -0.1) is 0 Å². The predicted octanol–water partition coefficient (Wildman–Crippen LogP) is 5.89. The second-order valence-corrected chi connectivity index (χ2v) is 9.02. The highest BCUT2D eigenvalue weighted by atomic mass is 35.5. The minimum atomic E-state index is -4.62. The highest BCUT2D eigenvalue weighted by molar-refractivity contribution is 6.31. The molecule has 0 aliphatic carbocycles. The van der Waals surface area contributed by atoms with E-state index in [4.69, 9.17) is 16.3 Å². The Balaban J connectivity index is 1.56. The SMILES string of the molecule is Cn1ccnc1COc1ncc(-c2cnc(Nc3ccc(F)c(Cl)c3)nc2-n2ccc(C(F)(F)F)c2)cc1C(=O)O. The van der Waals surface area contributed by atoms with Crippen LogP contribution in [0.3, 0.4) is 0 Å². The topological polar surface area (TPSA) is 120 Å². The summed E-state index contributed by atoms with van der Waals surface area (Å²) in [6.45, 7) is -0.0537. The van der Waals surface area contributed by atoms with Gasteiger partial charge in [-0.2, -0.15) is 18.2 Å². The van der Waals surface area contributed by atoms with Crippen molar-refractivity contribution >= 4 is 29.2 Å². The van der Waals surface area contributed by atoms with Crippen LogP contribution in [0.5, 0.6) is 5.88 Å². The summed E-state index contributed by atoms with van der Waals surface area (Å²) in [6.07, 6.45) is 3.22. The molecule has 0 fully saturated rings. The molecule has 0 atom stereocenters. The summed E-state index contributed by atoms with van der Waals surface area (Å²) in [5, 5.41) is 12.5. The zero-order valence-corrected chi connectivity index (χ0v) is 21.7. The van der Waals surface area contributed by atoms with Crippen molar-refractivity contribution in [3.63, 3.8) is 0 Å². The van der Waals surface area contributed by atoms with Gasteiger partial charge in [-0.25, -0.2) is 24.1 Å². The lowest BCUT2D eigenvalue weighted by molar-refractivity contribution is -0.137. The van der Waals surface area contributed by atoms with E-state index in [0.29, 0.717) is 11.5 Å². The van der Waals surface area contributed by atoms with E-state index >= 15 is 0 Å². The number of carboxylic acids is 1. The number of hydrogen-bond acceptors (Lipinski definition) is 7. The van der Waals surface area contributed by atoms with Gasteiger partial charge >= 0.3 is 12.1 Å². The molecule has 0 bridgehead atoms. The highest BCUT2D eigenvalue weighted by Gasteiger charge is 2.32. The molecule has 41 heavy (non-hydrogen) atoms. The van der Waals surface area contributed by atoms with Gasteiger partial charge in [0.05, 0.1) is 10.6 Å². The molecule has 2 N–H and O–H groups in total. The number of rotatable bonds is 8. The summed E-state index contributed by atoms with van der Waals surface area (Å²) in [6, 6.07) is 5.92. The third-order valence-electron chi connectivity index (χ3n) is 5.86. The summed E-state index contributed by atoms with van der Waals surface area (Å²) in [5.41, 5.74) is -0.538. The van der Waals surface area contributed by atoms with Gasteiger partial charge in [0.1, 0.15) is 29.6 Å². The van der Waals surface area contributed by atoms with Crippen LogP contribution in [0.25, 0.3) is 16.9 Å². The van der Waals surface area contributed by atoms with Crippen LogP contribution >= 0.6 is 11.6 Å². The molecular weight excluding hydrogens is 570 g/mol. The van der Waals surface area contributed by atoms with E-state index in [-0.39, 0.29) is 46.0 Å². The first-order valence-corrected chi connectivity index (χ1v) is 12.0. The summed E-state index contributed by atoms with van der Waals surface area (Å²) in [7, 11) is 1.75. The average Bonchev–Trinajstić information content (AvgIpc) is 3.59. The molecule has 210 valence electrons. The van der Waals surface area contributed by atoms with Gasteiger partial charge in [0.15, 0.2) is 0 Å². The van der Waals surface area contributed by atoms with Crippen LogP contribution in [0, 0.1) is 5.82 Å². The third kappa shape index (κ3) is 5.96. The number of aromatic carboxylic acids is 1. The van der Waals surface area contributed by atoms with Crippen LogP contribution in [-0.2, 0) is 19.8 Å². The number of aromatic nitrogens is 6. The second-order valence-electron chi connectivity index (χ2n) is 8.61. The minimum Gasteiger partial charge on any atom is -0.477 e. The first kappa shape index (κ1) is 27.6. The van der Waals surface area contributed by atoms with E-state index in [0.717, 1.165) is 29.1 Å². The number of pyridine rings is 1. The van der Waals surface area contributed by atoms with E-state index in [1.807, 2.05) is 0 Å². The van der Waals surface area contributed by atoms with Crippen molar-refractivity contribution in [2.45, 2.75) is 12.8 Å². The molecule has 0 radical (unpaired) electrons. The molecule has 0 saturated carbocycles. The zero-order valence-electron chi connectivity index (χ0n) is 20.9. The Kier molecular flexibility index (Phi) is 7.32. The van der Waals surface area contributed by atoms with Crippen LogP contribution in [0.4, 0.5) is 29.2 Å². The van der Waals surface area contributed by atoms with Gasteiger partial charge in [-0.3, -0.25) is 0 Å². The molecular formula is C26H18ClF4N7O3. The average molecular weight is 588 g/mol. The van der Waals surface area contributed by atoms with Gasteiger partial charge in [-0.1, -0.05) is 11.6 Å². The van der Waals surface area contributed by atoms with Gasteiger partial charge in [0.25, 0.3) is 0 Å². The van der Waals surface area contributed by atoms with Crippen molar-refractivity contribution in [3.05, 3.63) is 95.3 Å². The van der Waals surface area contributed by atoms with Crippen molar-refractivity contribution in [2.75, 3.05) is 5.32 Å². The Morgan fingerprint density at radius 3 is 2.59 bits per heavy atom. The van der Waals surface area contributed by atoms with Crippen LogP contribution in [0.2, 0.25) is 5.02 Å². The molecule has 15 heteroatoms. The fourth-order valence-electron chi connectivity index (χ4n) is 3.77. The van der Waals surface area contributed by atoms with Crippen LogP contribution in [0.15, 0.2) is 67.5 Å². The number of anilines is 2. The Hall–Kier alpha value is -4.98. The molecule has 0 amide bonds. The lowest BCUT2D eigenvalue weighted by atomic mass is 10.1. The van der Waals surface area contributed by atoms with E-state index in [2.05, 4.69) is 25.3 Å². The summed E-state index contributed by atoms with van der Waals surface area (Å²) >= 11 is 5.83. The van der Waals surface area contributed by atoms with Crippen molar-refractivity contribution in [1.29, 1.82) is 0 Å². The number of benzene rings is 1. The van der Waals surface area contributed by atoms with E-state index in [1.165, 1.54) is 30.6 Å². The molecule has 0 aliphatic rings. The molecule has 5 aromatic rings. The Morgan fingerprint density at radius 2 is 1.93 bits per heavy atom. The lowest BCUT2D eigenvalue weighted by Crippen LogP contribution is -2.09. The molecule has 0 spiro atoms. The first-order valence-electron chi connectivity index (χ1n) is 11.7. The lowest BCUT2D eigenvalue weighted by Gasteiger charge is -2.14. The maximum Gasteiger partial charge on any atom is 0.417 e. The summed E-state index contributed by atoms with van der Waals surface area (Å²) in [5.74, 6) is -1.71. The Morgan fingerprint density at radius 1 is 1.12 bits per heavy atom. The number of halogens is 5. The molecule has 10 nitrogen and oxygen atoms in total. The number of hydrogen-bond donors (Lipinski definition) is 2. The van der Waals surface area contributed by atoms with E-state index in [1.54, 1.807) is 24.0 Å². The van der Waals surface area contributed by atoms with Gasteiger partial charge < -0.3 is 24.3 Å². The predicted molar refractivity (Wildman–Crippen MR) is 139 cm³/mol. The van der Waals surface area contributed by atoms with Crippen LogP contribution in [-0.4, -0.2) is 40.1 Å². The number of imidazole rings is 1. The molecule has 0 unspecified atom stereocenters. The van der Waals surface area contributed by atoms with Gasteiger partial charge in [0, 0.05) is 61.0 Å². The largest absolute Gasteiger partial charge is 0.477 e. The van der Waals surface area contributed by atoms with Crippen molar-refractivity contribution in [2.24, 2.45) is 7.05 Å². The Labute approximate surface area is 233 Å². The number of ether oxygens (including phenoxy) is 1. The standard InChI is InChI=1S/C26H18ClF4N7O3/c1-37-7-5-32-21(37)13-41-23-17(24(39)40)8-14(10-33-23)18-11-34-25(35-16-2-3-20(28)19(27)9-16)36-22(18)38-6-4-15(12-38)26(29,30)31/h2-12H,13H2,1H3,(H,39,40)(H,34,35,36). The molecule has 4 aromatic heterocycles. The summed E-state index contributed by atoms with van der Waals surface area (Å²) < 4.78 is 62.1. The van der Waals surface area contributed by atoms with E-state index in [9.17, 15) is 27.5 Å². The normalized spacial score (nSPS) is 11.5. The van der Waals surface area contributed by atoms with Crippen molar-refractivity contribution in [1.82, 2.24) is 29.1 Å². The number of nitrogens with zero attached hydrogens (tertiary/aromatic N) is 6. The highest BCUT2D eigenvalue weighted by Crippen LogP contribution is 2.33. The maximum absolute atomic E-state index is 13.6. The molecule has 4 heterocycles. The number of carbonyl (C=O) groups is 1. The molecule has 5 rings (SSSR count).